The number of allylic oxidation sites excluding steroid dienone is 1. The molecule has 0 saturated heterocycles. The number of hydrogen-bond acceptors (Lipinski definition) is 3. The van der Waals surface area contributed by atoms with Crippen molar-refractivity contribution in [2.45, 2.75) is 4.90 Å². The van der Waals surface area contributed by atoms with Gasteiger partial charge in [0.15, 0.2) is 0 Å². The SMILES string of the molecule is O=C1/C(=C/c2cn[nH]c2-c2ccccc2)Sc2ccccc21. The van der Waals surface area contributed by atoms with Gasteiger partial charge in [-0.05, 0) is 18.2 Å². The number of Topliss-reactive ketones (excluding diaryl/α,β-unsaturated/α-hetero) is 1. The molecule has 1 aliphatic rings. The normalized spacial score (nSPS) is 15.3. The lowest BCUT2D eigenvalue weighted by Gasteiger charge is -2.00. The first-order valence-corrected chi connectivity index (χ1v) is 7.76. The number of aromatic nitrogens is 2. The van der Waals surface area contributed by atoms with Crippen molar-refractivity contribution in [3.63, 3.8) is 0 Å². The van der Waals surface area contributed by atoms with Crippen molar-refractivity contribution in [1.29, 1.82) is 0 Å². The first-order valence-electron chi connectivity index (χ1n) is 6.95. The average molecular weight is 304 g/mol. The van der Waals surface area contributed by atoms with Gasteiger partial charge in [-0.15, -0.1) is 0 Å². The van der Waals surface area contributed by atoms with Gasteiger partial charge in [0, 0.05) is 21.6 Å². The Morgan fingerprint density at radius 1 is 1.00 bits per heavy atom. The predicted octanol–water partition coefficient (Wildman–Crippen LogP) is 4.41. The third-order valence-corrected chi connectivity index (χ3v) is 4.69. The minimum Gasteiger partial charge on any atom is -0.288 e. The number of fused-ring (bicyclic) bond motifs is 1. The second-order valence-corrected chi connectivity index (χ2v) is 6.09. The van der Waals surface area contributed by atoms with E-state index in [1.165, 1.54) is 11.8 Å². The zero-order chi connectivity index (χ0) is 14.9. The molecule has 0 bridgehead atoms. The van der Waals surface area contributed by atoms with Crippen LogP contribution in [0, 0.1) is 0 Å². The van der Waals surface area contributed by atoms with Crippen molar-refractivity contribution in [2.24, 2.45) is 0 Å². The van der Waals surface area contributed by atoms with E-state index in [9.17, 15) is 4.79 Å². The molecule has 1 aliphatic heterocycles. The quantitative estimate of drug-likeness (QED) is 0.713. The average Bonchev–Trinajstić information content (AvgIpc) is 3.15. The predicted molar refractivity (Wildman–Crippen MR) is 88.6 cm³/mol. The number of nitrogens with one attached hydrogen (secondary N) is 1. The molecule has 4 heteroatoms. The maximum Gasteiger partial charge on any atom is 0.200 e. The number of H-pyrrole nitrogens is 1. The summed E-state index contributed by atoms with van der Waals surface area (Å²) in [4.78, 5) is 14.2. The molecular weight excluding hydrogens is 292 g/mol. The smallest absolute Gasteiger partial charge is 0.200 e. The van der Waals surface area contributed by atoms with E-state index in [2.05, 4.69) is 10.2 Å². The van der Waals surface area contributed by atoms with Crippen LogP contribution < -0.4 is 0 Å². The monoisotopic (exact) mass is 304 g/mol. The summed E-state index contributed by atoms with van der Waals surface area (Å²) in [6.07, 6.45) is 3.67. The van der Waals surface area contributed by atoms with Crippen LogP contribution in [0.2, 0.25) is 0 Å². The van der Waals surface area contributed by atoms with Crippen LogP contribution >= 0.6 is 11.8 Å². The Labute approximate surface area is 132 Å². The van der Waals surface area contributed by atoms with Gasteiger partial charge in [0.05, 0.1) is 16.8 Å². The van der Waals surface area contributed by atoms with E-state index in [0.717, 1.165) is 32.2 Å². The summed E-state index contributed by atoms with van der Waals surface area (Å²) in [6.45, 7) is 0. The summed E-state index contributed by atoms with van der Waals surface area (Å²) in [7, 11) is 0. The van der Waals surface area contributed by atoms with E-state index in [1.54, 1.807) is 6.20 Å². The van der Waals surface area contributed by atoms with E-state index in [-0.39, 0.29) is 5.78 Å². The van der Waals surface area contributed by atoms with Crippen LogP contribution in [0.1, 0.15) is 15.9 Å². The number of carbonyl (C=O) groups excluding carboxylic acids is 1. The van der Waals surface area contributed by atoms with E-state index in [0.29, 0.717) is 0 Å². The molecule has 1 N–H and O–H groups in total. The number of ketones is 1. The molecule has 4 rings (SSSR count). The van der Waals surface area contributed by atoms with Crippen LogP contribution in [0.4, 0.5) is 0 Å². The maximum absolute atomic E-state index is 12.5. The van der Waals surface area contributed by atoms with Crippen molar-refractivity contribution in [1.82, 2.24) is 10.2 Å². The summed E-state index contributed by atoms with van der Waals surface area (Å²) >= 11 is 1.52. The van der Waals surface area contributed by atoms with E-state index in [4.69, 9.17) is 0 Å². The highest BCUT2D eigenvalue weighted by Gasteiger charge is 2.25. The number of rotatable bonds is 2. The highest BCUT2D eigenvalue weighted by atomic mass is 32.2. The molecule has 0 fully saturated rings. The van der Waals surface area contributed by atoms with Crippen molar-refractivity contribution in [2.75, 3.05) is 0 Å². The molecule has 0 radical (unpaired) electrons. The zero-order valence-electron chi connectivity index (χ0n) is 11.6. The third-order valence-electron chi connectivity index (χ3n) is 3.59. The van der Waals surface area contributed by atoms with Gasteiger partial charge in [-0.1, -0.05) is 54.2 Å². The van der Waals surface area contributed by atoms with Crippen molar-refractivity contribution < 1.29 is 4.79 Å². The maximum atomic E-state index is 12.5. The van der Waals surface area contributed by atoms with Gasteiger partial charge in [-0.2, -0.15) is 5.10 Å². The minimum atomic E-state index is 0.0841. The van der Waals surface area contributed by atoms with Crippen LogP contribution in [0.5, 0.6) is 0 Å². The van der Waals surface area contributed by atoms with Gasteiger partial charge < -0.3 is 0 Å². The standard InChI is InChI=1S/C18H12N2OS/c21-18-14-8-4-5-9-15(14)22-16(18)10-13-11-19-20-17(13)12-6-2-1-3-7-12/h1-11H,(H,19,20)/b16-10-. The van der Waals surface area contributed by atoms with E-state index in [1.807, 2.05) is 60.7 Å². The highest BCUT2D eigenvalue weighted by molar-refractivity contribution is 8.04. The van der Waals surface area contributed by atoms with Crippen LogP contribution in [-0.2, 0) is 0 Å². The Bertz CT molecular complexity index is 881. The molecule has 2 aromatic carbocycles. The van der Waals surface area contributed by atoms with Crippen LogP contribution in [0.3, 0.4) is 0 Å². The molecule has 22 heavy (non-hydrogen) atoms. The Kier molecular flexibility index (Phi) is 3.16. The summed E-state index contributed by atoms with van der Waals surface area (Å²) in [5.74, 6) is 0.0841. The van der Waals surface area contributed by atoms with Gasteiger partial charge in [0.2, 0.25) is 5.78 Å². The Hall–Kier alpha value is -2.59. The molecule has 0 aliphatic carbocycles. The molecule has 0 unspecified atom stereocenters. The Balaban J connectivity index is 1.74. The molecule has 0 atom stereocenters. The molecule has 3 nitrogen and oxygen atoms in total. The molecular formula is C18H12N2OS. The Morgan fingerprint density at radius 3 is 2.59 bits per heavy atom. The molecule has 1 aromatic heterocycles. The van der Waals surface area contributed by atoms with Gasteiger partial charge in [0.25, 0.3) is 0 Å². The minimum absolute atomic E-state index is 0.0841. The fourth-order valence-electron chi connectivity index (χ4n) is 2.52. The van der Waals surface area contributed by atoms with Crippen molar-refractivity contribution in [3.8, 4) is 11.3 Å². The third kappa shape index (κ3) is 2.18. The van der Waals surface area contributed by atoms with Crippen LogP contribution in [-0.4, -0.2) is 16.0 Å². The summed E-state index contributed by atoms with van der Waals surface area (Å²) in [6, 6.07) is 17.7. The summed E-state index contributed by atoms with van der Waals surface area (Å²) in [5, 5.41) is 7.14. The van der Waals surface area contributed by atoms with E-state index < -0.39 is 0 Å². The summed E-state index contributed by atoms with van der Waals surface area (Å²) < 4.78 is 0. The number of carbonyl (C=O) groups is 1. The zero-order valence-corrected chi connectivity index (χ0v) is 12.4. The molecule has 3 aromatic rings. The number of thioether (sulfide) groups is 1. The van der Waals surface area contributed by atoms with Crippen LogP contribution in [0.25, 0.3) is 17.3 Å². The van der Waals surface area contributed by atoms with Gasteiger partial charge in [-0.25, -0.2) is 0 Å². The first kappa shape index (κ1) is 13.1. The summed E-state index contributed by atoms with van der Waals surface area (Å²) in [5.41, 5.74) is 3.69. The lowest BCUT2D eigenvalue weighted by Crippen LogP contribution is -1.93. The number of benzene rings is 2. The highest BCUT2D eigenvalue weighted by Crippen LogP contribution is 2.41. The second-order valence-electron chi connectivity index (χ2n) is 5.00. The largest absolute Gasteiger partial charge is 0.288 e. The number of aromatic amines is 1. The van der Waals surface area contributed by atoms with E-state index >= 15 is 0 Å². The lowest BCUT2D eigenvalue weighted by molar-refractivity contribution is 0.104. The molecule has 2 heterocycles. The molecule has 0 saturated carbocycles. The number of hydrogen-bond donors (Lipinski definition) is 1. The first-order chi connectivity index (χ1) is 10.8. The fourth-order valence-corrected chi connectivity index (χ4v) is 3.56. The van der Waals surface area contributed by atoms with Gasteiger partial charge >= 0.3 is 0 Å². The van der Waals surface area contributed by atoms with Crippen molar-refractivity contribution >= 4 is 23.6 Å². The number of nitrogens with zero attached hydrogens (tertiary/aromatic N) is 1. The van der Waals surface area contributed by atoms with Gasteiger partial charge in [-0.3, -0.25) is 9.89 Å². The topological polar surface area (TPSA) is 45.8 Å². The molecule has 106 valence electrons. The van der Waals surface area contributed by atoms with Crippen molar-refractivity contribution in [3.05, 3.63) is 76.8 Å². The lowest BCUT2D eigenvalue weighted by atomic mass is 10.1. The fraction of sp³-hybridized carbons (Fsp3) is 0. The molecule has 0 spiro atoms. The second kappa shape index (κ2) is 5.31. The van der Waals surface area contributed by atoms with Gasteiger partial charge in [0.1, 0.15) is 0 Å². The molecule has 0 amide bonds. The Morgan fingerprint density at radius 2 is 1.77 bits per heavy atom. The van der Waals surface area contributed by atoms with Crippen LogP contribution in [0.15, 0.2) is 70.6 Å².